The van der Waals surface area contributed by atoms with E-state index in [1.165, 1.54) is 12.1 Å². The molecule has 2 rings (SSSR count). The molecule has 0 spiro atoms. The van der Waals surface area contributed by atoms with Gasteiger partial charge in [-0.3, -0.25) is 0 Å². The van der Waals surface area contributed by atoms with E-state index in [1.807, 2.05) is 6.07 Å². The van der Waals surface area contributed by atoms with Gasteiger partial charge in [0.2, 0.25) is 0 Å². The highest BCUT2D eigenvalue weighted by molar-refractivity contribution is 5.49. The van der Waals surface area contributed by atoms with Crippen molar-refractivity contribution < 1.29 is 9.50 Å². The zero-order valence-electron chi connectivity index (χ0n) is 9.78. The van der Waals surface area contributed by atoms with Crippen LogP contribution in [0.2, 0.25) is 0 Å². The van der Waals surface area contributed by atoms with E-state index in [-0.39, 0.29) is 17.5 Å². The van der Waals surface area contributed by atoms with Gasteiger partial charge in [-0.2, -0.15) is 0 Å². The molecule has 3 heteroatoms. The number of hydrogen-bond acceptors (Lipinski definition) is 2. The first-order valence-corrected chi connectivity index (χ1v) is 5.70. The summed E-state index contributed by atoms with van der Waals surface area (Å²) >= 11 is 0. The van der Waals surface area contributed by atoms with E-state index in [0.717, 1.165) is 18.5 Å². The quantitative estimate of drug-likeness (QED) is 0.791. The van der Waals surface area contributed by atoms with Crippen molar-refractivity contribution in [1.82, 2.24) is 0 Å². The first-order valence-electron chi connectivity index (χ1n) is 5.70. The number of aliphatic hydroxyl groups excluding tert-OH is 1. The molecular formula is C13H18FNO. The standard InChI is InChI=1S/C13H18FNO/c1-13(2)7-6-12(16)9-15(13)11-5-3-4-10(14)8-11/h3-5,8,12,16H,6-7,9H2,1-2H3. The molecule has 1 saturated heterocycles. The molecule has 0 aromatic heterocycles. The minimum Gasteiger partial charge on any atom is -0.391 e. The minimum atomic E-state index is -0.309. The van der Waals surface area contributed by atoms with Crippen LogP contribution >= 0.6 is 0 Å². The van der Waals surface area contributed by atoms with Crippen molar-refractivity contribution in [2.45, 2.75) is 38.3 Å². The Hall–Kier alpha value is -1.09. The highest BCUT2D eigenvalue weighted by atomic mass is 19.1. The maximum Gasteiger partial charge on any atom is 0.125 e. The molecular weight excluding hydrogens is 205 g/mol. The number of anilines is 1. The van der Waals surface area contributed by atoms with E-state index in [9.17, 15) is 9.50 Å². The van der Waals surface area contributed by atoms with Gasteiger partial charge in [-0.15, -0.1) is 0 Å². The smallest absolute Gasteiger partial charge is 0.125 e. The predicted molar refractivity (Wildman–Crippen MR) is 63.1 cm³/mol. The summed E-state index contributed by atoms with van der Waals surface area (Å²) in [4.78, 5) is 2.09. The van der Waals surface area contributed by atoms with Crippen LogP contribution in [0.5, 0.6) is 0 Å². The van der Waals surface area contributed by atoms with Crippen LogP contribution in [-0.2, 0) is 0 Å². The lowest BCUT2D eigenvalue weighted by molar-refractivity contribution is 0.126. The first-order chi connectivity index (χ1) is 7.49. The second-order valence-electron chi connectivity index (χ2n) is 5.10. The Bertz CT molecular complexity index is 378. The molecule has 1 unspecified atom stereocenters. The minimum absolute atomic E-state index is 0.0208. The van der Waals surface area contributed by atoms with Crippen LogP contribution < -0.4 is 4.90 Å². The molecule has 0 aliphatic carbocycles. The molecule has 0 saturated carbocycles. The predicted octanol–water partition coefficient (Wildman–Crippen LogP) is 2.57. The Balaban J connectivity index is 2.30. The lowest BCUT2D eigenvalue weighted by Crippen LogP contribution is -2.52. The van der Waals surface area contributed by atoms with E-state index >= 15 is 0 Å². The van der Waals surface area contributed by atoms with E-state index in [2.05, 4.69) is 18.7 Å². The van der Waals surface area contributed by atoms with Crippen molar-refractivity contribution in [2.75, 3.05) is 11.4 Å². The maximum absolute atomic E-state index is 13.2. The Morgan fingerprint density at radius 2 is 2.19 bits per heavy atom. The monoisotopic (exact) mass is 223 g/mol. The highest BCUT2D eigenvalue weighted by Gasteiger charge is 2.33. The third-order valence-corrected chi connectivity index (χ3v) is 3.33. The molecule has 2 nitrogen and oxygen atoms in total. The van der Waals surface area contributed by atoms with Gasteiger partial charge in [-0.25, -0.2) is 4.39 Å². The van der Waals surface area contributed by atoms with Gasteiger partial charge < -0.3 is 10.0 Å². The van der Waals surface area contributed by atoms with Crippen LogP contribution in [0.4, 0.5) is 10.1 Å². The SMILES string of the molecule is CC1(C)CCC(O)CN1c1cccc(F)c1. The number of β-amino-alcohol motifs (C(OH)–C–C–N with tert-alkyl or cyclic N) is 1. The molecule has 16 heavy (non-hydrogen) atoms. The molecule has 1 atom stereocenters. The van der Waals surface area contributed by atoms with Crippen LogP contribution in [0.3, 0.4) is 0 Å². The summed E-state index contributed by atoms with van der Waals surface area (Å²) in [5.41, 5.74) is 0.830. The highest BCUT2D eigenvalue weighted by Crippen LogP contribution is 2.32. The summed E-state index contributed by atoms with van der Waals surface area (Å²) < 4.78 is 13.2. The molecule has 1 fully saturated rings. The lowest BCUT2D eigenvalue weighted by atomic mass is 9.88. The van der Waals surface area contributed by atoms with Crippen LogP contribution in [0.25, 0.3) is 0 Å². The lowest BCUT2D eigenvalue weighted by Gasteiger charge is -2.46. The fourth-order valence-electron chi connectivity index (χ4n) is 2.30. The summed E-state index contributed by atoms with van der Waals surface area (Å²) in [7, 11) is 0. The Morgan fingerprint density at radius 3 is 2.88 bits per heavy atom. The Labute approximate surface area is 95.7 Å². The van der Waals surface area contributed by atoms with E-state index in [4.69, 9.17) is 0 Å². The summed E-state index contributed by atoms with van der Waals surface area (Å²) in [6.45, 7) is 4.84. The first kappa shape index (κ1) is 11.4. The van der Waals surface area contributed by atoms with Crippen molar-refractivity contribution in [3.05, 3.63) is 30.1 Å². The van der Waals surface area contributed by atoms with Crippen molar-refractivity contribution in [2.24, 2.45) is 0 Å². The Kier molecular flexibility index (Phi) is 2.89. The van der Waals surface area contributed by atoms with E-state index in [1.54, 1.807) is 6.07 Å². The summed E-state index contributed by atoms with van der Waals surface area (Å²) in [5.74, 6) is -0.228. The summed E-state index contributed by atoms with van der Waals surface area (Å²) in [5, 5.41) is 9.71. The molecule has 1 aliphatic rings. The second-order valence-corrected chi connectivity index (χ2v) is 5.10. The molecule has 1 aromatic rings. The molecule has 0 radical (unpaired) electrons. The fourth-order valence-corrected chi connectivity index (χ4v) is 2.30. The van der Waals surface area contributed by atoms with Gasteiger partial charge in [-0.1, -0.05) is 6.07 Å². The third-order valence-electron chi connectivity index (χ3n) is 3.33. The molecule has 88 valence electrons. The van der Waals surface area contributed by atoms with Gasteiger partial charge in [-0.05, 0) is 44.9 Å². The molecule has 1 N–H and O–H groups in total. The van der Waals surface area contributed by atoms with E-state index < -0.39 is 0 Å². The molecule has 1 heterocycles. The van der Waals surface area contributed by atoms with Crippen molar-refractivity contribution in [3.8, 4) is 0 Å². The zero-order chi connectivity index (χ0) is 11.8. The van der Waals surface area contributed by atoms with Crippen molar-refractivity contribution in [3.63, 3.8) is 0 Å². The maximum atomic E-state index is 13.2. The Morgan fingerprint density at radius 1 is 1.44 bits per heavy atom. The average Bonchev–Trinajstić information content (AvgIpc) is 2.22. The fraction of sp³-hybridized carbons (Fsp3) is 0.538. The number of piperidine rings is 1. The van der Waals surface area contributed by atoms with E-state index in [0.29, 0.717) is 6.54 Å². The average molecular weight is 223 g/mol. The topological polar surface area (TPSA) is 23.5 Å². The van der Waals surface area contributed by atoms with Gasteiger partial charge in [0.05, 0.1) is 6.10 Å². The number of benzene rings is 1. The van der Waals surface area contributed by atoms with Gasteiger partial charge >= 0.3 is 0 Å². The van der Waals surface area contributed by atoms with Gasteiger partial charge in [0.1, 0.15) is 5.82 Å². The van der Waals surface area contributed by atoms with Gasteiger partial charge in [0.25, 0.3) is 0 Å². The number of rotatable bonds is 1. The normalized spacial score (nSPS) is 24.5. The van der Waals surface area contributed by atoms with Crippen LogP contribution in [0, 0.1) is 5.82 Å². The third kappa shape index (κ3) is 2.19. The van der Waals surface area contributed by atoms with Gasteiger partial charge in [0, 0.05) is 17.8 Å². The summed E-state index contributed by atoms with van der Waals surface area (Å²) in [6, 6.07) is 6.57. The largest absolute Gasteiger partial charge is 0.391 e. The molecule has 1 aliphatic heterocycles. The summed E-state index contributed by atoms with van der Waals surface area (Å²) in [6.07, 6.45) is 1.43. The number of nitrogens with zero attached hydrogens (tertiary/aromatic N) is 1. The van der Waals surface area contributed by atoms with Crippen molar-refractivity contribution >= 4 is 5.69 Å². The molecule has 0 bridgehead atoms. The molecule has 1 aromatic carbocycles. The van der Waals surface area contributed by atoms with Crippen LogP contribution in [-0.4, -0.2) is 23.3 Å². The number of aliphatic hydroxyl groups is 1. The number of halogens is 1. The van der Waals surface area contributed by atoms with Gasteiger partial charge in [0.15, 0.2) is 0 Å². The second kappa shape index (κ2) is 4.06. The molecule has 0 amide bonds. The van der Waals surface area contributed by atoms with Crippen molar-refractivity contribution in [1.29, 1.82) is 0 Å². The zero-order valence-corrected chi connectivity index (χ0v) is 9.78. The number of hydrogen-bond donors (Lipinski definition) is 1. The van der Waals surface area contributed by atoms with Crippen LogP contribution in [0.1, 0.15) is 26.7 Å². The van der Waals surface area contributed by atoms with Crippen LogP contribution in [0.15, 0.2) is 24.3 Å².